The Labute approximate surface area is 162 Å². The Morgan fingerprint density at radius 2 is 1.92 bits per heavy atom. The normalized spacial score (nSPS) is 10.3. The van der Waals surface area contributed by atoms with Gasteiger partial charge in [-0.1, -0.05) is 29.8 Å². The molecule has 0 saturated heterocycles. The molecule has 5 nitrogen and oxygen atoms in total. The summed E-state index contributed by atoms with van der Waals surface area (Å²) in [6.45, 7) is 0. The third-order valence-electron chi connectivity index (χ3n) is 3.57. The molecule has 0 aromatic heterocycles. The van der Waals surface area contributed by atoms with E-state index in [1.54, 1.807) is 32.3 Å². The van der Waals surface area contributed by atoms with Crippen LogP contribution in [0.5, 0.6) is 5.75 Å². The molecule has 0 radical (unpaired) electrons. The topological polar surface area (TPSA) is 58.6 Å². The van der Waals surface area contributed by atoms with Crippen LogP contribution in [0.4, 0.5) is 5.69 Å². The lowest BCUT2D eigenvalue weighted by molar-refractivity contribution is -0.113. The predicted molar refractivity (Wildman–Crippen MR) is 107 cm³/mol. The van der Waals surface area contributed by atoms with E-state index in [9.17, 15) is 9.59 Å². The molecule has 0 saturated carbocycles. The Balaban J connectivity index is 1.97. The van der Waals surface area contributed by atoms with Crippen LogP contribution in [0.1, 0.15) is 15.9 Å². The molecule has 0 spiro atoms. The molecule has 2 aromatic rings. The molecule has 0 atom stereocenters. The van der Waals surface area contributed by atoms with Gasteiger partial charge in [0.15, 0.2) is 0 Å². The number of carbonyl (C=O) groups excluding carboxylic acids is 2. The highest BCUT2D eigenvalue weighted by molar-refractivity contribution is 7.99. The molecule has 2 amide bonds. The van der Waals surface area contributed by atoms with Crippen LogP contribution in [0.25, 0.3) is 0 Å². The van der Waals surface area contributed by atoms with Crippen LogP contribution in [-0.2, 0) is 10.5 Å². The van der Waals surface area contributed by atoms with Crippen molar-refractivity contribution in [2.75, 3.05) is 32.3 Å². The Bertz CT molecular complexity index is 796. The second-order valence-electron chi connectivity index (χ2n) is 5.75. The number of carbonyl (C=O) groups is 2. The summed E-state index contributed by atoms with van der Waals surface area (Å²) in [7, 11) is 4.84. The van der Waals surface area contributed by atoms with Gasteiger partial charge in [0.05, 0.1) is 18.4 Å². The maximum atomic E-state index is 12.2. The summed E-state index contributed by atoms with van der Waals surface area (Å²) < 4.78 is 5.22. The average molecular weight is 393 g/mol. The number of ether oxygens (including phenoxy) is 1. The smallest absolute Gasteiger partial charge is 0.257 e. The monoisotopic (exact) mass is 392 g/mol. The molecule has 26 heavy (non-hydrogen) atoms. The fourth-order valence-electron chi connectivity index (χ4n) is 2.26. The molecular formula is C19H21ClN2O3S. The van der Waals surface area contributed by atoms with Crippen molar-refractivity contribution in [1.29, 1.82) is 0 Å². The Morgan fingerprint density at radius 3 is 2.58 bits per heavy atom. The second-order valence-corrected chi connectivity index (χ2v) is 7.14. The fraction of sp³-hybridized carbons (Fsp3) is 0.263. The van der Waals surface area contributed by atoms with E-state index in [4.69, 9.17) is 16.3 Å². The molecule has 0 heterocycles. The molecule has 2 aromatic carbocycles. The number of nitrogens with one attached hydrogen (secondary N) is 1. The molecule has 0 aliphatic carbocycles. The van der Waals surface area contributed by atoms with Crippen molar-refractivity contribution in [2.45, 2.75) is 5.75 Å². The zero-order valence-electron chi connectivity index (χ0n) is 14.9. The van der Waals surface area contributed by atoms with Gasteiger partial charge in [-0.05, 0) is 29.8 Å². The van der Waals surface area contributed by atoms with Crippen LogP contribution >= 0.6 is 23.4 Å². The van der Waals surface area contributed by atoms with E-state index in [0.717, 1.165) is 5.56 Å². The van der Waals surface area contributed by atoms with Gasteiger partial charge in [-0.2, -0.15) is 0 Å². The van der Waals surface area contributed by atoms with Gasteiger partial charge in [0.1, 0.15) is 5.75 Å². The maximum absolute atomic E-state index is 12.2. The molecule has 0 bridgehead atoms. The average Bonchev–Trinajstić information content (AvgIpc) is 2.62. The van der Waals surface area contributed by atoms with Gasteiger partial charge in [0.2, 0.25) is 5.91 Å². The van der Waals surface area contributed by atoms with E-state index >= 15 is 0 Å². The van der Waals surface area contributed by atoms with Crippen LogP contribution in [0.2, 0.25) is 5.02 Å². The van der Waals surface area contributed by atoms with Crippen molar-refractivity contribution in [1.82, 2.24) is 4.90 Å². The number of amides is 2. The number of thioether (sulfide) groups is 1. The summed E-state index contributed by atoms with van der Waals surface area (Å²) >= 11 is 7.58. The van der Waals surface area contributed by atoms with Crippen LogP contribution in [0, 0.1) is 0 Å². The summed E-state index contributed by atoms with van der Waals surface area (Å²) in [4.78, 5) is 25.9. The number of methoxy groups -OCH3 is 1. The van der Waals surface area contributed by atoms with Crippen LogP contribution in [0.3, 0.4) is 0 Å². The fourth-order valence-corrected chi connectivity index (χ4v) is 3.37. The SMILES string of the molecule is COc1ccc(NC(=O)CSCc2ccccc2Cl)cc1C(=O)N(C)C. The van der Waals surface area contributed by atoms with Crippen molar-refractivity contribution < 1.29 is 14.3 Å². The van der Waals surface area contributed by atoms with Gasteiger partial charge in [0.25, 0.3) is 5.91 Å². The zero-order valence-corrected chi connectivity index (χ0v) is 16.5. The lowest BCUT2D eigenvalue weighted by Crippen LogP contribution is -2.22. The van der Waals surface area contributed by atoms with Crippen molar-refractivity contribution >= 4 is 40.9 Å². The van der Waals surface area contributed by atoms with E-state index in [2.05, 4.69) is 5.32 Å². The minimum absolute atomic E-state index is 0.143. The molecule has 0 aliphatic heterocycles. The molecule has 0 unspecified atom stereocenters. The predicted octanol–water partition coefficient (Wildman–Crippen LogP) is 3.92. The number of anilines is 1. The third kappa shape index (κ3) is 5.41. The van der Waals surface area contributed by atoms with Crippen LogP contribution < -0.4 is 10.1 Å². The number of rotatable bonds is 7. The minimum Gasteiger partial charge on any atom is -0.496 e. The summed E-state index contributed by atoms with van der Waals surface area (Å²) in [5, 5.41) is 3.51. The molecule has 138 valence electrons. The number of benzene rings is 2. The Kier molecular flexibility index (Phi) is 7.36. The van der Waals surface area contributed by atoms with E-state index in [1.165, 1.54) is 23.8 Å². The highest BCUT2D eigenvalue weighted by Crippen LogP contribution is 2.24. The summed E-state index contributed by atoms with van der Waals surface area (Å²) in [5.41, 5.74) is 1.95. The molecule has 0 aliphatic rings. The summed E-state index contributed by atoms with van der Waals surface area (Å²) in [5.74, 6) is 1.07. The van der Waals surface area contributed by atoms with Crippen LogP contribution in [-0.4, -0.2) is 43.7 Å². The van der Waals surface area contributed by atoms with Crippen molar-refractivity contribution in [3.63, 3.8) is 0 Å². The van der Waals surface area contributed by atoms with Crippen LogP contribution in [0.15, 0.2) is 42.5 Å². The first-order chi connectivity index (χ1) is 12.4. The van der Waals surface area contributed by atoms with E-state index in [-0.39, 0.29) is 17.6 Å². The van der Waals surface area contributed by atoms with Gasteiger partial charge in [0, 0.05) is 30.6 Å². The molecule has 1 N–H and O–H groups in total. The highest BCUT2D eigenvalue weighted by atomic mass is 35.5. The van der Waals surface area contributed by atoms with E-state index in [0.29, 0.717) is 27.8 Å². The van der Waals surface area contributed by atoms with E-state index in [1.807, 2.05) is 24.3 Å². The van der Waals surface area contributed by atoms with Gasteiger partial charge in [-0.15, -0.1) is 11.8 Å². The Hall–Kier alpha value is -2.18. The second kappa shape index (κ2) is 9.50. The highest BCUT2D eigenvalue weighted by Gasteiger charge is 2.15. The number of halogens is 1. The van der Waals surface area contributed by atoms with Gasteiger partial charge in [-0.25, -0.2) is 0 Å². The molecule has 2 rings (SSSR count). The molecule has 0 fully saturated rings. The quantitative estimate of drug-likeness (QED) is 0.775. The van der Waals surface area contributed by atoms with Gasteiger partial charge < -0.3 is 15.0 Å². The lowest BCUT2D eigenvalue weighted by Gasteiger charge is -2.15. The van der Waals surface area contributed by atoms with Gasteiger partial charge in [-0.3, -0.25) is 9.59 Å². The lowest BCUT2D eigenvalue weighted by atomic mass is 10.1. The first-order valence-electron chi connectivity index (χ1n) is 7.93. The van der Waals surface area contributed by atoms with Crippen molar-refractivity contribution in [2.24, 2.45) is 0 Å². The maximum Gasteiger partial charge on any atom is 0.257 e. The standard InChI is InChI=1S/C19H21ClN2O3S/c1-22(2)19(24)15-10-14(8-9-17(15)25-3)21-18(23)12-26-11-13-6-4-5-7-16(13)20/h4-10H,11-12H2,1-3H3,(H,21,23). The number of hydrogen-bond acceptors (Lipinski definition) is 4. The number of hydrogen-bond donors (Lipinski definition) is 1. The van der Waals surface area contributed by atoms with E-state index < -0.39 is 0 Å². The van der Waals surface area contributed by atoms with Gasteiger partial charge >= 0.3 is 0 Å². The Morgan fingerprint density at radius 1 is 1.19 bits per heavy atom. The summed E-state index contributed by atoms with van der Waals surface area (Å²) in [6, 6.07) is 12.6. The van der Waals surface area contributed by atoms with Crippen molar-refractivity contribution in [3.05, 3.63) is 58.6 Å². The zero-order chi connectivity index (χ0) is 19.1. The minimum atomic E-state index is -0.189. The third-order valence-corrected chi connectivity index (χ3v) is 4.92. The van der Waals surface area contributed by atoms with Crippen molar-refractivity contribution in [3.8, 4) is 5.75 Å². The molecular weight excluding hydrogens is 372 g/mol. The number of nitrogens with zero attached hydrogens (tertiary/aromatic N) is 1. The largest absolute Gasteiger partial charge is 0.496 e. The first kappa shape index (κ1) is 20.1. The first-order valence-corrected chi connectivity index (χ1v) is 9.46. The summed E-state index contributed by atoms with van der Waals surface area (Å²) in [6.07, 6.45) is 0. The molecule has 7 heteroatoms.